The zero-order chi connectivity index (χ0) is 15.7. The lowest BCUT2D eigenvalue weighted by Gasteiger charge is -2.36. The Morgan fingerprint density at radius 2 is 1.70 bits per heavy atom. The fourth-order valence-electron chi connectivity index (χ4n) is 2.18. The zero-order valence-corrected chi connectivity index (χ0v) is 14.8. The molecule has 0 saturated heterocycles. The van der Waals surface area contributed by atoms with E-state index in [9.17, 15) is 8.42 Å². The summed E-state index contributed by atoms with van der Waals surface area (Å²) in [6, 6.07) is 0.653. The Morgan fingerprint density at radius 3 is 2.05 bits per heavy atom. The molecular weight excluding hydrogens is 274 g/mol. The fourth-order valence-corrected chi connectivity index (χ4v) is 3.54. The highest BCUT2D eigenvalue weighted by Gasteiger charge is 2.38. The van der Waals surface area contributed by atoms with Gasteiger partial charge in [-0.1, -0.05) is 34.6 Å². The zero-order valence-electron chi connectivity index (χ0n) is 14.0. The first-order valence-electron chi connectivity index (χ1n) is 7.41. The maximum absolute atomic E-state index is 12.5. The van der Waals surface area contributed by atoms with Crippen LogP contribution in [0.1, 0.15) is 47.5 Å². The molecule has 1 aliphatic rings. The highest BCUT2D eigenvalue weighted by Crippen LogP contribution is 2.29. The van der Waals surface area contributed by atoms with E-state index in [2.05, 4.69) is 39.9 Å². The summed E-state index contributed by atoms with van der Waals surface area (Å²) in [5.41, 5.74) is 0.00615. The van der Waals surface area contributed by atoms with Gasteiger partial charge in [-0.3, -0.25) is 0 Å². The second-order valence-corrected chi connectivity index (χ2v) is 9.37. The number of hydrogen-bond acceptors (Lipinski definition) is 3. The average molecular weight is 305 g/mol. The summed E-state index contributed by atoms with van der Waals surface area (Å²) >= 11 is 0. The van der Waals surface area contributed by atoms with Gasteiger partial charge in [-0.15, -0.1) is 0 Å². The van der Waals surface area contributed by atoms with Crippen molar-refractivity contribution < 1.29 is 8.42 Å². The number of nitrogens with zero attached hydrogens (tertiary/aromatic N) is 2. The van der Waals surface area contributed by atoms with E-state index in [-0.39, 0.29) is 17.5 Å². The first-order chi connectivity index (χ1) is 8.96. The lowest BCUT2D eigenvalue weighted by molar-refractivity contribution is 0.219. The number of hydrogen-bond donors (Lipinski definition) is 1. The van der Waals surface area contributed by atoms with E-state index in [1.54, 1.807) is 14.1 Å². The first-order valence-corrected chi connectivity index (χ1v) is 8.81. The van der Waals surface area contributed by atoms with Crippen LogP contribution in [0.15, 0.2) is 0 Å². The molecule has 120 valence electrons. The van der Waals surface area contributed by atoms with Crippen LogP contribution in [0.25, 0.3) is 0 Å². The molecule has 0 amide bonds. The normalized spacial score (nSPS) is 19.1. The molecule has 1 fully saturated rings. The summed E-state index contributed by atoms with van der Waals surface area (Å²) in [5.74, 6) is 0. The number of rotatable bonds is 7. The average Bonchev–Trinajstić information content (AvgIpc) is 3.08. The standard InChI is InChI=1S/C14H31N3O2S/c1-11(2)15-13(14(3,4)5)10-16(6)20(18,19)17(7)12-8-9-12/h11-13,15H,8-10H2,1-7H3/t13-/m1/s1. The van der Waals surface area contributed by atoms with Gasteiger partial charge in [-0.25, -0.2) is 0 Å². The Bertz CT molecular complexity index is 411. The second kappa shape index (κ2) is 6.30. The Labute approximate surface area is 124 Å². The summed E-state index contributed by atoms with van der Waals surface area (Å²) in [7, 11) is 0.0213. The van der Waals surface area contributed by atoms with E-state index in [4.69, 9.17) is 0 Å². The highest BCUT2D eigenvalue weighted by atomic mass is 32.2. The summed E-state index contributed by atoms with van der Waals surface area (Å²) < 4.78 is 28.0. The molecule has 1 aliphatic carbocycles. The van der Waals surface area contributed by atoms with Crippen LogP contribution in [0, 0.1) is 5.41 Å². The number of likely N-dealkylation sites (N-methyl/N-ethyl adjacent to an activating group) is 1. The highest BCUT2D eigenvalue weighted by molar-refractivity contribution is 7.86. The van der Waals surface area contributed by atoms with Gasteiger partial charge in [0.25, 0.3) is 10.2 Å². The molecule has 0 spiro atoms. The first kappa shape index (κ1) is 17.9. The van der Waals surface area contributed by atoms with Crippen molar-refractivity contribution in [3.8, 4) is 0 Å². The molecule has 0 aromatic carbocycles. The molecule has 1 rings (SSSR count). The SMILES string of the molecule is CC(C)N[C@H](CN(C)S(=O)(=O)N(C)C1CC1)C(C)(C)C. The van der Waals surface area contributed by atoms with Crippen LogP contribution in [-0.4, -0.2) is 55.8 Å². The van der Waals surface area contributed by atoms with Gasteiger partial charge in [0.2, 0.25) is 0 Å². The molecular formula is C14H31N3O2S. The van der Waals surface area contributed by atoms with Gasteiger partial charge < -0.3 is 5.32 Å². The minimum absolute atomic E-state index is 0.00615. The predicted octanol–water partition coefficient (Wildman–Crippen LogP) is 1.67. The van der Waals surface area contributed by atoms with E-state index in [0.29, 0.717) is 12.6 Å². The quantitative estimate of drug-likeness (QED) is 0.778. The van der Waals surface area contributed by atoms with Gasteiger partial charge in [-0.05, 0) is 18.3 Å². The van der Waals surface area contributed by atoms with Gasteiger partial charge in [0, 0.05) is 38.8 Å². The minimum Gasteiger partial charge on any atom is -0.310 e. The molecule has 0 unspecified atom stereocenters. The van der Waals surface area contributed by atoms with E-state index >= 15 is 0 Å². The van der Waals surface area contributed by atoms with Gasteiger partial charge in [0.1, 0.15) is 0 Å². The molecule has 0 aliphatic heterocycles. The van der Waals surface area contributed by atoms with Crippen molar-refractivity contribution in [3.05, 3.63) is 0 Å². The summed E-state index contributed by atoms with van der Waals surface area (Å²) in [4.78, 5) is 0. The molecule has 20 heavy (non-hydrogen) atoms. The van der Waals surface area contributed by atoms with E-state index in [1.807, 2.05) is 0 Å². The molecule has 1 saturated carbocycles. The molecule has 0 bridgehead atoms. The number of nitrogens with one attached hydrogen (secondary N) is 1. The van der Waals surface area contributed by atoms with Crippen molar-refractivity contribution in [2.45, 2.75) is 65.6 Å². The van der Waals surface area contributed by atoms with Gasteiger partial charge in [0.15, 0.2) is 0 Å². The minimum atomic E-state index is -3.34. The smallest absolute Gasteiger partial charge is 0.281 e. The largest absolute Gasteiger partial charge is 0.310 e. The molecule has 0 aromatic heterocycles. The molecule has 6 heteroatoms. The summed E-state index contributed by atoms with van der Waals surface area (Å²) in [6.45, 7) is 11.1. The Morgan fingerprint density at radius 1 is 1.20 bits per heavy atom. The Kier molecular flexibility index (Phi) is 5.63. The van der Waals surface area contributed by atoms with Gasteiger partial charge >= 0.3 is 0 Å². The second-order valence-electron chi connectivity index (χ2n) is 7.28. The summed E-state index contributed by atoms with van der Waals surface area (Å²) in [6.07, 6.45) is 1.97. The Hall–Kier alpha value is -0.170. The van der Waals surface area contributed by atoms with Crippen LogP contribution >= 0.6 is 0 Å². The maximum Gasteiger partial charge on any atom is 0.281 e. The van der Waals surface area contributed by atoms with Crippen molar-refractivity contribution in [3.63, 3.8) is 0 Å². The van der Waals surface area contributed by atoms with Crippen LogP contribution in [0.5, 0.6) is 0 Å². The van der Waals surface area contributed by atoms with Crippen molar-refractivity contribution in [1.29, 1.82) is 0 Å². The Balaban J connectivity index is 2.76. The van der Waals surface area contributed by atoms with Crippen molar-refractivity contribution in [1.82, 2.24) is 13.9 Å². The third-order valence-electron chi connectivity index (χ3n) is 3.84. The lowest BCUT2D eigenvalue weighted by atomic mass is 9.86. The van der Waals surface area contributed by atoms with Gasteiger partial charge in [0.05, 0.1) is 0 Å². The third-order valence-corrected chi connectivity index (χ3v) is 5.80. The molecule has 0 aromatic rings. The molecule has 0 heterocycles. The summed E-state index contributed by atoms with van der Waals surface area (Å²) in [5, 5.41) is 3.48. The molecule has 1 N–H and O–H groups in total. The molecule has 5 nitrogen and oxygen atoms in total. The van der Waals surface area contributed by atoms with E-state index < -0.39 is 10.2 Å². The van der Waals surface area contributed by atoms with Crippen LogP contribution in [-0.2, 0) is 10.2 Å². The van der Waals surface area contributed by atoms with Crippen LogP contribution in [0.3, 0.4) is 0 Å². The van der Waals surface area contributed by atoms with E-state index in [1.165, 1.54) is 8.61 Å². The fraction of sp³-hybridized carbons (Fsp3) is 1.00. The maximum atomic E-state index is 12.5. The van der Waals surface area contributed by atoms with Crippen molar-refractivity contribution in [2.75, 3.05) is 20.6 Å². The molecule has 1 atom stereocenters. The van der Waals surface area contributed by atoms with E-state index in [0.717, 1.165) is 12.8 Å². The van der Waals surface area contributed by atoms with Crippen LogP contribution < -0.4 is 5.32 Å². The third kappa shape index (κ3) is 4.69. The lowest BCUT2D eigenvalue weighted by Crippen LogP contribution is -2.53. The molecule has 0 radical (unpaired) electrons. The van der Waals surface area contributed by atoms with Crippen molar-refractivity contribution in [2.24, 2.45) is 5.41 Å². The van der Waals surface area contributed by atoms with Crippen LogP contribution in [0.2, 0.25) is 0 Å². The van der Waals surface area contributed by atoms with Crippen molar-refractivity contribution >= 4 is 10.2 Å². The topological polar surface area (TPSA) is 52.7 Å². The monoisotopic (exact) mass is 305 g/mol. The van der Waals surface area contributed by atoms with Crippen LogP contribution in [0.4, 0.5) is 0 Å². The predicted molar refractivity (Wildman–Crippen MR) is 83.8 cm³/mol. The van der Waals surface area contributed by atoms with Gasteiger partial charge in [-0.2, -0.15) is 17.0 Å².